The van der Waals surface area contributed by atoms with Crippen molar-refractivity contribution < 1.29 is 9.13 Å². The summed E-state index contributed by atoms with van der Waals surface area (Å²) in [5.74, 6) is 0.00927. The van der Waals surface area contributed by atoms with E-state index >= 15 is 0 Å². The van der Waals surface area contributed by atoms with Crippen LogP contribution in [0.3, 0.4) is 0 Å². The second-order valence-corrected chi connectivity index (χ2v) is 8.14. The molecule has 0 aliphatic carbocycles. The molecule has 0 bridgehead atoms. The summed E-state index contributed by atoms with van der Waals surface area (Å²) in [6.07, 6.45) is 4.19. The van der Waals surface area contributed by atoms with Crippen molar-refractivity contribution in [1.82, 2.24) is 34.7 Å². The smallest absolute Gasteiger partial charge is 0.201 e. The molecule has 1 N–H and O–H groups in total. The maximum Gasteiger partial charge on any atom is 0.201 e. The zero-order valence-corrected chi connectivity index (χ0v) is 18.4. The van der Waals surface area contributed by atoms with Crippen molar-refractivity contribution in [3.63, 3.8) is 0 Å². The number of halogens is 1. The van der Waals surface area contributed by atoms with Crippen molar-refractivity contribution in [3.05, 3.63) is 59.6 Å². The lowest BCUT2D eigenvalue weighted by Gasteiger charge is -2.23. The fourth-order valence-electron chi connectivity index (χ4n) is 4.26. The lowest BCUT2D eigenvalue weighted by Crippen LogP contribution is -2.30. The van der Waals surface area contributed by atoms with E-state index < -0.39 is 11.9 Å². The third-order valence-electron chi connectivity index (χ3n) is 6.01. The molecule has 1 atom stereocenters. The van der Waals surface area contributed by atoms with Gasteiger partial charge in [0.15, 0.2) is 0 Å². The molecule has 1 aliphatic rings. The fourth-order valence-corrected chi connectivity index (χ4v) is 4.26. The molecule has 4 aromatic rings. The van der Waals surface area contributed by atoms with E-state index in [4.69, 9.17) is 4.74 Å². The molecule has 5 rings (SSSR count). The Morgan fingerprint density at radius 2 is 2.03 bits per heavy atom. The minimum absolute atomic E-state index is 0.313. The van der Waals surface area contributed by atoms with Gasteiger partial charge in [-0.05, 0) is 58.0 Å². The lowest BCUT2D eigenvalue weighted by molar-refractivity contribution is 0.209. The van der Waals surface area contributed by atoms with Crippen molar-refractivity contribution >= 4 is 5.65 Å². The van der Waals surface area contributed by atoms with E-state index in [2.05, 4.69) is 31.7 Å². The number of ether oxygens (including phenoxy) is 1. The Bertz CT molecular complexity index is 1330. The van der Waals surface area contributed by atoms with Crippen LogP contribution in [0.4, 0.5) is 4.39 Å². The van der Waals surface area contributed by atoms with Gasteiger partial charge >= 0.3 is 0 Å². The highest BCUT2D eigenvalue weighted by Gasteiger charge is 2.22. The highest BCUT2D eigenvalue weighted by molar-refractivity contribution is 5.68. The van der Waals surface area contributed by atoms with Crippen LogP contribution in [0.25, 0.3) is 16.9 Å². The Kier molecular flexibility index (Phi) is 5.48. The maximum atomic E-state index is 13.3. The number of pyridine rings is 2. The van der Waals surface area contributed by atoms with Crippen LogP contribution in [0.2, 0.25) is 0 Å². The molecule has 4 aromatic heterocycles. The Labute approximate surface area is 189 Å². The second-order valence-electron chi connectivity index (χ2n) is 8.14. The number of hydrogen-bond donors (Lipinski definition) is 1. The standard InChI is InChI=1S/C23H23FN8O/c1-14-23(29-30-32(14)18-5-7-26-8-6-18)16-9-21-28-13-19(11-25)31(21)22(10-16)33-15(2)20-4-3-17(24)12-27-20/h3-4,9-10,12-13,15,18,26H,5-8H2,1-2H3/t15-/m1/s1. The van der Waals surface area contributed by atoms with Gasteiger partial charge in [-0.25, -0.2) is 14.1 Å². The zero-order chi connectivity index (χ0) is 22.9. The largest absolute Gasteiger partial charge is 0.469 e. The van der Waals surface area contributed by atoms with E-state index in [1.165, 1.54) is 12.3 Å². The summed E-state index contributed by atoms with van der Waals surface area (Å²) in [5, 5.41) is 21.8. The van der Waals surface area contributed by atoms with Crippen LogP contribution in [0.5, 0.6) is 5.88 Å². The first-order chi connectivity index (χ1) is 16.0. The van der Waals surface area contributed by atoms with Gasteiger partial charge in [-0.2, -0.15) is 5.26 Å². The number of aromatic nitrogens is 6. The molecule has 9 nitrogen and oxygen atoms in total. The predicted octanol–water partition coefficient (Wildman–Crippen LogP) is 3.37. The second kappa shape index (κ2) is 8.60. The number of fused-ring (bicyclic) bond motifs is 1. The molecule has 0 unspecified atom stereocenters. The Hall–Kier alpha value is -3.84. The summed E-state index contributed by atoms with van der Waals surface area (Å²) in [5.41, 5.74) is 3.99. The Morgan fingerprint density at radius 3 is 2.76 bits per heavy atom. The van der Waals surface area contributed by atoms with E-state index in [0.29, 0.717) is 29.0 Å². The average molecular weight is 446 g/mol. The topological polar surface area (TPSA) is 106 Å². The summed E-state index contributed by atoms with van der Waals surface area (Å²) in [6, 6.07) is 9.09. The molecule has 0 saturated carbocycles. The van der Waals surface area contributed by atoms with E-state index in [1.807, 2.05) is 30.7 Å². The molecule has 168 valence electrons. The van der Waals surface area contributed by atoms with Gasteiger partial charge in [-0.3, -0.25) is 9.38 Å². The van der Waals surface area contributed by atoms with Crippen LogP contribution in [0, 0.1) is 24.1 Å². The first-order valence-electron chi connectivity index (χ1n) is 10.9. The summed E-state index contributed by atoms with van der Waals surface area (Å²) >= 11 is 0. The van der Waals surface area contributed by atoms with Crippen molar-refractivity contribution in [2.75, 3.05) is 13.1 Å². The summed E-state index contributed by atoms with van der Waals surface area (Å²) in [7, 11) is 0. The summed E-state index contributed by atoms with van der Waals surface area (Å²) in [6.45, 7) is 5.76. The van der Waals surface area contributed by atoms with Gasteiger partial charge in [0.05, 0.1) is 29.8 Å². The molecule has 0 spiro atoms. The molecular weight excluding hydrogens is 423 g/mol. The molecule has 1 fully saturated rings. The van der Waals surface area contributed by atoms with Crippen LogP contribution in [0.1, 0.15) is 49.0 Å². The van der Waals surface area contributed by atoms with Crippen molar-refractivity contribution in [2.24, 2.45) is 0 Å². The fraction of sp³-hybridized carbons (Fsp3) is 0.348. The van der Waals surface area contributed by atoms with E-state index in [-0.39, 0.29) is 0 Å². The van der Waals surface area contributed by atoms with Gasteiger partial charge < -0.3 is 10.1 Å². The van der Waals surface area contributed by atoms with Gasteiger partial charge in [0.2, 0.25) is 5.88 Å². The number of imidazole rings is 1. The van der Waals surface area contributed by atoms with Crippen LogP contribution in [-0.2, 0) is 0 Å². The average Bonchev–Trinajstić information content (AvgIpc) is 3.43. The number of nitriles is 1. The Morgan fingerprint density at radius 1 is 1.21 bits per heavy atom. The molecule has 0 radical (unpaired) electrons. The summed E-state index contributed by atoms with van der Waals surface area (Å²) < 4.78 is 23.1. The zero-order valence-electron chi connectivity index (χ0n) is 18.4. The van der Waals surface area contributed by atoms with E-state index in [9.17, 15) is 9.65 Å². The normalized spacial score (nSPS) is 15.5. The molecule has 1 saturated heterocycles. The molecular formula is C23H23FN8O. The third kappa shape index (κ3) is 3.91. The van der Waals surface area contributed by atoms with Gasteiger partial charge in [0.1, 0.15) is 35.0 Å². The van der Waals surface area contributed by atoms with Crippen LogP contribution >= 0.6 is 0 Å². The molecule has 0 aromatic carbocycles. The lowest BCUT2D eigenvalue weighted by atomic mass is 10.1. The first kappa shape index (κ1) is 21.0. The van der Waals surface area contributed by atoms with Crippen molar-refractivity contribution in [3.8, 4) is 23.2 Å². The highest BCUT2D eigenvalue weighted by Crippen LogP contribution is 2.32. The third-order valence-corrected chi connectivity index (χ3v) is 6.01. The Balaban J connectivity index is 1.55. The minimum atomic E-state index is -0.482. The molecule has 10 heteroatoms. The van der Waals surface area contributed by atoms with Crippen LogP contribution in [-0.4, -0.2) is 42.5 Å². The van der Waals surface area contributed by atoms with Crippen molar-refractivity contribution in [2.45, 2.75) is 38.8 Å². The first-order valence-corrected chi connectivity index (χ1v) is 10.9. The van der Waals surface area contributed by atoms with Gasteiger partial charge in [-0.1, -0.05) is 5.21 Å². The van der Waals surface area contributed by atoms with Gasteiger partial charge in [0, 0.05) is 11.6 Å². The molecule has 0 amide bonds. The SMILES string of the molecule is Cc1c(-c2cc(O[C@H](C)c3ccc(F)cn3)n3c(C#N)cnc3c2)nnn1C1CCNCC1. The predicted molar refractivity (Wildman–Crippen MR) is 118 cm³/mol. The van der Waals surface area contributed by atoms with Gasteiger partial charge in [-0.15, -0.1) is 5.10 Å². The van der Waals surface area contributed by atoms with E-state index in [0.717, 1.165) is 49.1 Å². The number of nitrogens with one attached hydrogen (secondary N) is 1. The van der Waals surface area contributed by atoms with E-state index in [1.54, 1.807) is 10.5 Å². The number of piperidine rings is 1. The van der Waals surface area contributed by atoms with Gasteiger partial charge in [0.25, 0.3) is 0 Å². The molecule has 5 heterocycles. The van der Waals surface area contributed by atoms with Crippen LogP contribution in [0.15, 0.2) is 36.7 Å². The number of nitrogens with zero attached hydrogens (tertiary/aromatic N) is 7. The highest BCUT2D eigenvalue weighted by atomic mass is 19.1. The van der Waals surface area contributed by atoms with Crippen LogP contribution < -0.4 is 10.1 Å². The number of hydrogen-bond acceptors (Lipinski definition) is 7. The number of rotatable bonds is 5. The molecule has 33 heavy (non-hydrogen) atoms. The molecule has 1 aliphatic heterocycles. The van der Waals surface area contributed by atoms with Crippen molar-refractivity contribution in [1.29, 1.82) is 5.26 Å². The quantitative estimate of drug-likeness (QED) is 0.501. The monoisotopic (exact) mass is 446 g/mol. The maximum absolute atomic E-state index is 13.3. The summed E-state index contributed by atoms with van der Waals surface area (Å²) in [4.78, 5) is 8.50. The minimum Gasteiger partial charge on any atom is -0.469 e.